The van der Waals surface area contributed by atoms with E-state index < -0.39 is 34.6 Å². The molecule has 0 fully saturated rings. The van der Waals surface area contributed by atoms with E-state index in [1.54, 1.807) is 0 Å². The fourth-order valence-corrected chi connectivity index (χ4v) is 3.38. The molecule has 1 rings (SSSR count). The Bertz CT molecular complexity index is 585. The summed E-state index contributed by atoms with van der Waals surface area (Å²) in [7, 11) is 0. The number of Topliss-reactive ketones (excluding diaryl/α,β-unsaturated/α-hetero) is 3. The highest BCUT2D eigenvalue weighted by molar-refractivity contribution is 6.25. The van der Waals surface area contributed by atoms with Gasteiger partial charge in [-0.25, -0.2) is 0 Å². The van der Waals surface area contributed by atoms with Crippen molar-refractivity contribution in [3.63, 3.8) is 0 Å². The van der Waals surface area contributed by atoms with Gasteiger partial charge in [0, 0.05) is 12.8 Å². The molecule has 2 atom stereocenters. The van der Waals surface area contributed by atoms with E-state index in [1.165, 1.54) is 0 Å². The number of rotatable bonds is 10. The molecule has 5 heteroatoms. The Morgan fingerprint density at radius 3 is 2.04 bits per heavy atom. The molecule has 0 spiro atoms. The monoisotopic (exact) mass is 367 g/mol. The first kappa shape index (κ1) is 22.6. The summed E-state index contributed by atoms with van der Waals surface area (Å²) in [5, 5.41) is 19.4. The highest BCUT2D eigenvalue weighted by atomic mass is 16.3. The lowest BCUT2D eigenvalue weighted by atomic mass is 9.79. The van der Waals surface area contributed by atoms with Crippen molar-refractivity contribution in [1.82, 2.24) is 0 Å². The van der Waals surface area contributed by atoms with Crippen molar-refractivity contribution in [1.29, 1.82) is 0 Å². The van der Waals surface area contributed by atoms with Crippen molar-refractivity contribution >= 4 is 17.3 Å². The Hall–Kier alpha value is -1.49. The molecule has 0 saturated heterocycles. The van der Waals surface area contributed by atoms with E-state index in [4.69, 9.17) is 5.11 Å². The third-order valence-corrected chi connectivity index (χ3v) is 4.99. The first-order valence-corrected chi connectivity index (χ1v) is 9.72. The minimum Gasteiger partial charge on any atom is -0.504 e. The number of ketones is 3. The van der Waals surface area contributed by atoms with Crippen LogP contribution >= 0.6 is 0 Å². The third-order valence-electron chi connectivity index (χ3n) is 4.99. The molecule has 0 aliphatic heterocycles. The zero-order valence-electron chi connectivity index (χ0n) is 17.0. The molecule has 26 heavy (non-hydrogen) atoms. The quantitative estimate of drug-likeness (QED) is 0.472. The molecule has 3 N–H and O–H groups in total. The van der Waals surface area contributed by atoms with Crippen LogP contribution in [0.1, 0.15) is 73.6 Å². The fraction of sp³-hybridized carbons (Fsp3) is 0.762. The van der Waals surface area contributed by atoms with Gasteiger partial charge in [0.25, 0.3) is 5.60 Å². The van der Waals surface area contributed by atoms with Crippen molar-refractivity contribution in [2.45, 2.75) is 79.2 Å². The summed E-state index contributed by atoms with van der Waals surface area (Å²) in [6.45, 7) is 11.7. The Morgan fingerprint density at radius 2 is 1.58 bits per heavy atom. The molecule has 1 aliphatic rings. The van der Waals surface area contributed by atoms with Crippen LogP contribution < -0.4 is 0 Å². The number of aliphatic hydroxyl groups is 1. The molecule has 0 aromatic rings. The summed E-state index contributed by atoms with van der Waals surface area (Å²) in [5.41, 5.74) is -2.32. The van der Waals surface area contributed by atoms with Gasteiger partial charge < -0.3 is 10.2 Å². The van der Waals surface area contributed by atoms with E-state index >= 15 is 0 Å². The van der Waals surface area contributed by atoms with Gasteiger partial charge in [-0.15, -0.1) is 0 Å². The van der Waals surface area contributed by atoms with Gasteiger partial charge in [0.15, 0.2) is 17.3 Å². The topological polar surface area (TPSA) is 94.3 Å². The van der Waals surface area contributed by atoms with E-state index in [0.717, 1.165) is 0 Å². The normalized spacial score (nSPS) is 23.6. The molecule has 0 amide bonds. The summed E-state index contributed by atoms with van der Waals surface area (Å²) < 4.78 is 0. The molecule has 0 aromatic heterocycles. The summed E-state index contributed by atoms with van der Waals surface area (Å²) in [4.78, 5) is 38.2. The van der Waals surface area contributed by atoms with Crippen LogP contribution in [0.15, 0.2) is 11.3 Å². The number of carbonyl (C=O) groups excluding carboxylic acids is 3. The zero-order valence-corrected chi connectivity index (χ0v) is 17.0. The maximum absolute atomic E-state index is 12.9. The Labute approximate surface area is 156 Å². The van der Waals surface area contributed by atoms with Gasteiger partial charge in [-0.05, 0) is 37.0 Å². The molecular formula is C21H35O5+. The van der Waals surface area contributed by atoms with Gasteiger partial charge in [0.05, 0.1) is 0 Å². The van der Waals surface area contributed by atoms with Gasteiger partial charge >= 0.3 is 0 Å². The van der Waals surface area contributed by atoms with E-state index in [2.05, 4.69) is 0 Å². The van der Waals surface area contributed by atoms with Gasteiger partial charge in [-0.2, -0.15) is 0 Å². The van der Waals surface area contributed by atoms with Gasteiger partial charge in [-0.1, -0.05) is 41.5 Å². The van der Waals surface area contributed by atoms with Crippen LogP contribution in [0, 0.1) is 23.7 Å². The second-order valence-corrected chi connectivity index (χ2v) is 8.80. The number of carbonyl (C=O) groups is 3. The van der Waals surface area contributed by atoms with Crippen molar-refractivity contribution in [2.75, 3.05) is 0 Å². The van der Waals surface area contributed by atoms with Crippen molar-refractivity contribution in [2.24, 2.45) is 23.7 Å². The van der Waals surface area contributed by atoms with E-state index in [9.17, 15) is 19.5 Å². The van der Waals surface area contributed by atoms with Crippen LogP contribution in [0.2, 0.25) is 0 Å². The highest BCUT2D eigenvalue weighted by Gasteiger charge is 2.63. The van der Waals surface area contributed by atoms with Crippen LogP contribution in [0.3, 0.4) is 0 Å². The lowest BCUT2D eigenvalue weighted by Crippen LogP contribution is -2.47. The third kappa shape index (κ3) is 4.81. The van der Waals surface area contributed by atoms with Gasteiger partial charge in [0.1, 0.15) is 11.5 Å². The molecule has 1 aliphatic carbocycles. The summed E-state index contributed by atoms with van der Waals surface area (Å²) in [6.07, 6.45) is 1.83. The minimum absolute atomic E-state index is 0.0297. The molecule has 0 saturated carbocycles. The molecule has 5 nitrogen and oxygen atoms in total. The van der Waals surface area contributed by atoms with Crippen LogP contribution in [0.5, 0.6) is 0 Å². The molecule has 1 unspecified atom stereocenters. The minimum atomic E-state index is -2.01. The lowest BCUT2D eigenvalue weighted by molar-refractivity contribution is -0.145. The average molecular weight is 368 g/mol. The zero-order chi connectivity index (χ0) is 20.2. The number of hydrogen-bond donors (Lipinski definition) is 1. The summed E-state index contributed by atoms with van der Waals surface area (Å²) >= 11 is 0. The first-order chi connectivity index (χ1) is 11.9. The SMILES string of the molecule is CC(C)CCC(=O)[C@@]1([OH2+])C(O)=C(C(=O)CC(C)C)C(=O)C1CCC(C)C. The Balaban J connectivity index is 3.27. The van der Waals surface area contributed by atoms with Crippen LogP contribution in [-0.4, -0.2) is 33.2 Å². The van der Waals surface area contributed by atoms with E-state index in [0.29, 0.717) is 25.2 Å². The van der Waals surface area contributed by atoms with E-state index in [1.807, 2.05) is 41.5 Å². The Kier molecular flexibility index (Phi) is 7.75. The molecule has 0 radical (unpaired) electrons. The number of hydrogen-bond acceptors (Lipinski definition) is 4. The maximum Gasteiger partial charge on any atom is 0.291 e. The van der Waals surface area contributed by atoms with Crippen LogP contribution in [0.4, 0.5) is 0 Å². The van der Waals surface area contributed by atoms with Crippen LogP contribution in [0.25, 0.3) is 0 Å². The average Bonchev–Trinajstić information content (AvgIpc) is 2.69. The fourth-order valence-electron chi connectivity index (χ4n) is 3.38. The predicted molar refractivity (Wildman–Crippen MR) is 102 cm³/mol. The smallest absolute Gasteiger partial charge is 0.291 e. The van der Waals surface area contributed by atoms with E-state index in [-0.39, 0.29) is 30.3 Å². The molecular weight excluding hydrogens is 332 g/mol. The number of aliphatic hydroxyl groups excluding tert-OH is 1. The summed E-state index contributed by atoms with van der Waals surface area (Å²) in [6, 6.07) is 0. The number of allylic oxidation sites excluding steroid dienone is 1. The van der Waals surface area contributed by atoms with Crippen molar-refractivity contribution in [3.05, 3.63) is 11.3 Å². The van der Waals surface area contributed by atoms with Crippen LogP contribution in [-0.2, 0) is 14.4 Å². The second-order valence-electron chi connectivity index (χ2n) is 8.80. The van der Waals surface area contributed by atoms with Gasteiger partial charge in [0.2, 0.25) is 5.78 Å². The molecule has 0 bridgehead atoms. The lowest BCUT2D eigenvalue weighted by Gasteiger charge is -2.24. The second kappa shape index (κ2) is 8.94. The maximum atomic E-state index is 12.9. The highest BCUT2D eigenvalue weighted by Crippen LogP contribution is 2.42. The van der Waals surface area contributed by atoms with Crippen molar-refractivity contribution in [3.8, 4) is 0 Å². The largest absolute Gasteiger partial charge is 0.504 e. The first-order valence-electron chi connectivity index (χ1n) is 9.72. The standard InChI is InChI=1S/C21H34O5/c1-12(2)7-9-15-19(24)18(16(22)11-14(5)6)20(25)21(15,26)17(23)10-8-13(3)4/h12-15,25-26H,7-11H2,1-6H3/p+1/t15?,21-/m1/s1. The van der Waals surface area contributed by atoms with Crippen molar-refractivity contribution < 1.29 is 24.6 Å². The molecule has 0 heterocycles. The molecule has 148 valence electrons. The molecule has 0 aromatic carbocycles. The van der Waals surface area contributed by atoms with Gasteiger partial charge in [-0.3, -0.25) is 14.4 Å². The summed E-state index contributed by atoms with van der Waals surface area (Å²) in [5.74, 6) is -2.41. The Morgan fingerprint density at radius 1 is 1.04 bits per heavy atom. The predicted octanol–water partition coefficient (Wildman–Crippen LogP) is 3.52.